The molecule has 1 aliphatic heterocycles. The van der Waals surface area contributed by atoms with Crippen molar-refractivity contribution < 1.29 is 9.59 Å². The largest absolute Gasteiger partial charge is 0.369 e. The van der Waals surface area contributed by atoms with Crippen molar-refractivity contribution >= 4 is 45.9 Å². The number of fused-ring (bicyclic) bond motifs is 1. The topological polar surface area (TPSA) is 79.2 Å². The Morgan fingerprint density at radius 3 is 2.73 bits per heavy atom. The van der Waals surface area contributed by atoms with Crippen molar-refractivity contribution in [3.05, 3.63) is 33.9 Å². The molecule has 2 heterocycles. The molecule has 1 aromatic carbocycles. The monoisotopic (exact) mass is 339 g/mol. The molecule has 1 atom stereocenters. The number of amides is 2. The van der Waals surface area contributed by atoms with E-state index in [1.807, 2.05) is 0 Å². The van der Waals surface area contributed by atoms with Crippen molar-refractivity contribution in [3.8, 4) is 0 Å². The van der Waals surface area contributed by atoms with Crippen LogP contribution in [0, 0.1) is 5.41 Å². The highest BCUT2D eigenvalue weighted by Crippen LogP contribution is 2.33. The van der Waals surface area contributed by atoms with Gasteiger partial charge in [-0.15, -0.1) is 0 Å². The molecule has 2 amide bonds. The van der Waals surface area contributed by atoms with Gasteiger partial charge in [-0.25, -0.2) is 0 Å². The predicted octanol–water partition coefficient (Wildman–Crippen LogP) is 2.81. The number of halogens is 2. The minimum atomic E-state index is -0.664. The first-order chi connectivity index (χ1) is 10.3. The third-order valence-electron chi connectivity index (χ3n) is 4.28. The van der Waals surface area contributed by atoms with Crippen LogP contribution in [0.2, 0.25) is 10.0 Å². The zero-order chi connectivity index (χ0) is 16.1. The van der Waals surface area contributed by atoms with Crippen LogP contribution in [0.3, 0.4) is 0 Å². The highest BCUT2D eigenvalue weighted by atomic mass is 35.5. The number of carbonyl (C=O) groups excluding carboxylic acids is 2. The van der Waals surface area contributed by atoms with Crippen molar-refractivity contribution in [2.24, 2.45) is 11.1 Å². The van der Waals surface area contributed by atoms with Gasteiger partial charge < -0.3 is 15.6 Å². The first kappa shape index (κ1) is 15.2. The van der Waals surface area contributed by atoms with E-state index in [0.717, 1.165) is 5.52 Å². The maximum atomic E-state index is 12.6. The lowest BCUT2D eigenvalue weighted by Crippen LogP contribution is -2.38. The first-order valence-electron chi connectivity index (χ1n) is 6.88. The molecular weight excluding hydrogens is 325 g/mol. The lowest BCUT2D eigenvalue weighted by Gasteiger charge is -2.20. The van der Waals surface area contributed by atoms with Gasteiger partial charge in [-0.05, 0) is 31.5 Å². The fourth-order valence-electron chi connectivity index (χ4n) is 2.76. The lowest BCUT2D eigenvalue weighted by molar-refractivity contribution is -0.126. The molecule has 1 aliphatic rings. The molecule has 1 aromatic heterocycles. The predicted molar refractivity (Wildman–Crippen MR) is 86.1 cm³/mol. The third-order valence-corrected chi connectivity index (χ3v) is 5.10. The average Bonchev–Trinajstić information content (AvgIpc) is 3.07. The summed E-state index contributed by atoms with van der Waals surface area (Å²) in [6.07, 6.45) is 0.570. The van der Waals surface area contributed by atoms with Gasteiger partial charge in [-0.2, -0.15) is 0 Å². The highest BCUT2D eigenvalue weighted by Gasteiger charge is 2.41. The van der Waals surface area contributed by atoms with Crippen LogP contribution in [0.5, 0.6) is 0 Å². The minimum absolute atomic E-state index is 0.173. The van der Waals surface area contributed by atoms with E-state index >= 15 is 0 Å². The van der Waals surface area contributed by atoms with E-state index in [0.29, 0.717) is 40.6 Å². The molecule has 1 fully saturated rings. The van der Waals surface area contributed by atoms with Gasteiger partial charge in [0.2, 0.25) is 5.91 Å². The minimum Gasteiger partial charge on any atom is -0.369 e. The van der Waals surface area contributed by atoms with Crippen LogP contribution in [0.25, 0.3) is 10.9 Å². The van der Waals surface area contributed by atoms with E-state index in [9.17, 15) is 9.59 Å². The van der Waals surface area contributed by atoms with E-state index < -0.39 is 5.41 Å². The quantitative estimate of drug-likeness (QED) is 0.882. The van der Waals surface area contributed by atoms with Crippen LogP contribution in [-0.2, 0) is 4.79 Å². The molecule has 3 N–H and O–H groups in total. The second-order valence-corrected chi connectivity index (χ2v) is 6.69. The van der Waals surface area contributed by atoms with Crippen LogP contribution >= 0.6 is 23.2 Å². The zero-order valence-electron chi connectivity index (χ0n) is 12.0. The SMILES string of the molecule is C[C@]1(C(N)=O)CCN(C(=O)c2cc3c(Cl)c(Cl)ccc3[nH]2)C1. The summed E-state index contributed by atoms with van der Waals surface area (Å²) in [4.78, 5) is 28.8. The number of aromatic nitrogens is 1. The third kappa shape index (κ3) is 2.34. The standard InChI is InChI=1S/C15H15Cl2N3O2/c1-15(14(18)22)4-5-20(7-15)13(21)11-6-8-10(19-11)3-2-9(16)12(8)17/h2-3,6,19H,4-5,7H2,1H3,(H2,18,22)/t15-/m0/s1. The molecule has 1 saturated heterocycles. The molecule has 0 radical (unpaired) electrons. The summed E-state index contributed by atoms with van der Waals surface area (Å²) in [7, 11) is 0. The Morgan fingerprint density at radius 1 is 1.36 bits per heavy atom. The summed E-state index contributed by atoms with van der Waals surface area (Å²) >= 11 is 12.1. The highest BCUT2D eigenvalue weighted by molar-refractivity contribution is 6.45. The number of H-pyrrole nitrogens is 1. The fraction of sp³-hybridized carbons (Fsp3) is 0.333. The van der Waals surface area contributed by atoms with Gasteiger partial charge in [-0.3, -0.25) is 9.59 Å². The molecule has 0 spiro atoms. The van der Waals surface area contributed by atoms with Crippen LogP contribution < -0.4 is 5.73 Å². The second kappa shape index (κ2) is 5.18. The molecule has 22 heavy (non-hydrogen) atoms. The maximum absolute atomic E-state index is 12.6. The van der Waals surface area contributed by atoms with Crippen molar-refractivity contribution in [2.45, 2.75) is 13.3 Å². The summed E-state index contributed by atoms with van der Waals surface area (Å²) in [5.41, 5.74) is 5.92. The fourth-order valence-corrected chi connectivity index (χ4v) is 3.15. The Kier molecular flexibility index (Phi) is 3.57. The number of hydrogen-bond acceptors (Lipinski definition) is 2. The summed E-state index contributed by atoms with van der Waals surface area (Å²) in [5, 5.41) is 1.56. The molecule has 2 aromatic rings. The van der Waals surface area contributed by atoms with Gasteiger partial charge in [-0.1, -0.05) is 23.2 Å². The van der Waals surface area contributed by atoms with E-state index in [2.05, 4.69) is 4.98 Å². The molecule has 116 valence electrons. The number of aromatic amines is 1. The Balaban J connectivity index is 1.91. The van der Waals surface area contributed by atoms with E-state index in [-0.39, 0.29) is 11.8 Å². The average molecular weight is 340 g/mol. The van der Waals surface area contributed by atoms with Gasteiger partial charge in [0, 0.05) is 24.0 Å². The zero-order valence-corrected chi connectivity index (χ0v) is 13.5. The Hall–Kier alpha value is -1.72. The summed E-state index contributed by atoms with van der Waals surface area (Å²) < 4.78 is 0. The number of carbonyl (C=O) groups is 2. The second-order valence-electron chi connectivity index (χ2n) is 5.91. The molecule has 0 unspecified atom stereocenters. The molecule has 3 rings (SSSR count). The first-order valence-corrected chi connectivity index (χ1v) is 7.63. The summed E-state index contributed by atoms with van der Waals surface area (Å²) in [5.74, 6) is -0.553. The normalized spacial score (nSPS) is 21.5. The summed E-state index contributed by atoms with van der Waals surface area (Å²) in [6.45, 7) is 2.61. The van der Waals surface area contributed by atoms with Crippen LogP contribution in [0.15, 0.2) is 18.2 Å². The van der Waals surface area contributed by atoms with Crippen molar-refractivity contribution in [1.29, 1.82) is 0 Å². The maximum Gasteiger partial charge on any atom is 0.270 e. The smallest absolute Gasteiger partial charge is 0.270 e. The number of primary amides is 1. The number of nitrogens with two attached hydrogens (primary N) is 1. The molecule has 7 heteroatoms. The number of rotatable bonds is 2. The summed E-state index contributed by atoms with van der Waals surface area (Å²) in [6, 6.07) is 5.14. The number of benzene rings is 1. The van der Waals surface area contributed by atoms with E-state index in [1.54, 1.807) is 30.0 Å². The van der Waals surface area contributed by atoms with Crippen molar-refractivity contribution in [3.63, 3.8) is 0 Å². The number of hydrogen-bond donors (Lipinski definition) is 2. The Bertz CT molecular complexity index is 786. The van der Waals surface area contributed by atoms with Gasteiger partial charge in [0.25, 0.3) is 5.91 Å². The lowest BCUT2D eigenvalue weighted by atomic mass is 9.89. The number of nitrogens with zero attached hydrogens (tertiary/aromatic N) is 1. The van der Waals surface area contributed by atoms with Crippen LogP contribution in [0.1, 0.15) is 23.8 Å². The molecule has 0 bridgehead atoms. The van der Waals surface area contributed by atoms with Gasteiger partial charge in [0.1, 0.15) is 5.69 Å². The van der Waals surface area contributed by atoms with Gasteiger partial charge in [0.05, 0.1) is 15.5 Å². The number of likely N-dealkylation sites (tertiary alicyclic amines) is 1. The van der Waals surface area contributed by atoms with Gasteiger partial charge >= 0.3 is 0 Å². The Morgan fingerprint density at radius 2 is 2.09 bits per heavy atom. The van der Waals surface area contributed by atoms with Crippen molar-refractivity contribution in [2.75, 3.05) is 13.1 Å². The van der Waals surface area contributed by atoms with E-state index in [4.69, 9.17) is 28.9 Å². The number of nitrogens with one attached hydrogen (secondary N) is 1. The molecular formula is C15H15Cl2N3O2. The van der Waals surface area contributed by atoms with Crippen LogP contribution in [0.4, 0.5) is 0 Å². The molecule has 0 aliphatic carbocycles. The van der Waals surface area contributed by atoms with Gasteiger partial charge in [0.15, 0.2) is 0 Å². The Labute approximate surface area is 137 Å². The van der Waals surface area contributed by atoms with E-state index in [1.165, 1.54) is 0 Å². The molecule has 5 nitrogen and oxygen atoms in total. The van der Waals surface area contributed by atoms with Crippen molar-refractivity contribution in [1.82, 2.24) is 9.88 Å². The molecule has 0 saturated carbocycles. The van der Waals surface area contributed by atoms with Crippen LogP contribution in [-0.4, -0.2) is 34.8 Å².